The average molecular weight is 404 g/mol. The molecule has 0 spiro atoms. The Kier molecular flexibility index (Phi) is 4.29. The third-order valence-corrected chi connectivity index (χ3v) is 4.31. The molecule has 0 aliphatic carbocycles. The van der Waals surface area contributed by atoms with E-state index < -0.39 is 36.5 Å². The van der Waals surface area contributed by atoms with E-state index in [1.54, 1.807) is 0 Å². The summed E-state index contributed by atoms with van der Waals surface area (Å²) < 4.78 is 7.98. The van der Waals surface area contributed by atoms with E-state index in [4.69, 9.17) is 15.6 Å². The number of nitrogens with two attached hydrogens (primary N) is 1. The molecular formula is C12H14BrN5O6. The van der Waals surface area contributed by atoms with Crippen molar-refractivity contribution in [3.8, 4) is 0 Å². The fourth-order valence-electron chi connectivity index (χ4n) is 2.63. The largest absolute Gasteiger partial charge is 0.480 e. The van der Waals surface area contributed by atoms with Gasteiger partial charge in [0.25, 0.3) is 5.56 Å². The maximum atomic E-state index is 12.4. The zero-order valence-electron chi connectivity index (χ0n) is 12.2. The second-order valence-electron chi connectivity index (χ2n) is 5.29. The molecule has 0 amide bonds. The lowest BCUT2D eigenvalue weighted by atomic mass is 10.2. The van der Waals surface area contributed by atoms with Gasteiger partial charge in [-0.1, -0.05) is 0 Å². The van der Waals surface area contributed by atoms with Crippen LogP contribution >= 0.6 is 15.9 Å². The third kappa shape index (κ3) is 2.66. The second kappa shape index (κ2) is 6.12. The SMILES string of the molecule is Nc1nc2c(nc(Br)n2[C@H]2CC(O)[C@@H](CO)O2)c(=O)n1CC(=O)O. The summed E-state index contributed by atoms with van der Waals surface area (Å²) in [5.74, 6) is -1.52. The standard InChI is InChI=1S/C12H14BrN5O6/c13-11-15-8-9(16-12(14)17(10(8)23)2-7(21)22)18(11)6-1-4(20)5(3-19)24-6/h4-6,19-20H,1-3H2,(H2,14,16)(H,21,22)/t4?,5-,6-/m1/s1. The van der Waals surface area contributed by atoms with Gasteiger partial charge in [0.1, 0.15) is 18.9 Å². The molecule has 2 aromatic heterocycles. The summed E-state index contributed by atoms with van der Waals surface area (Å²) in [6.45, 7) is -0.994. The molecule has 1 aliphatic rings. The van der Waals surface area contributed by atoms with Crippen molar-refractivity contribution in [2.75, 3.05) is 12.3 Å². The van der Waals surface area contributed by atoms with E-state index >= 15 is 0 Å². The molecule has 3 rings (SSSR count). The zero-order chi connectivity index (χ0) is 17.6. The molecule has 0 bridgehead atoms. The first kappa shape index (κ1) is 16.8. The number of aliphatic carboxylic acids is 1. The number of imidazole rings is 1. The highest BCUT2D eigenvalue weighted by Gasteiger charge is 2.36. The fourth-order valence-corrected chi connectivity index (χ4v) is 3.20. The predicted octanol–water partition coefficient (Wildman–Crippen LogP) is -1.34. The zero-order valence-corrected chi connectivity index (χ0v) is 13.7. The van der Waals surface area contributed by atoms with Crippen LogP contribution in [0, 0.1) is 0 Å². The van der Waals surface area contributed by atoms with Crippen molar-refractivity contribution >= 4 is 39.0 Å². The van der Waals surface area contributed by atoms with Crippen molar-refractivity contribution in [1.29, 1.82) is 0 Å². The molecule has 1 unspecified atom stereocenters. The van der Waals surface area contributed by atoms with Gasteiger partial charge in [-0.05, 0) is 15.9 Å². The number of ether oxygens (including phenoxy) is 1. The quantitative estimate of drug-likeness (QED) is 0.451. The summed E-state index contributed by atoms with van der Waals surface area (Å²) in [6, 6.07) is 0. The topological polar surface area (TPSA) is 166 Å². The normalized spacial score (nSPS) is 23.9. The Morgan fingerprint density at radius 2 is 2.17 bits per heavy atom. The van der Waals surface area contributed by atoms with E-state index in [1.807, 2.05) is 0 Å². The highest BCUT2D eigenvalue weighted by Crippen LogP contribution is 2.33. The van der Waals surface area contributed by atoms with Crippen molar-refractivity contribution in [2.45, 2.75) is 31.4 Å². The number of hydrogen-bond donors (Lipinski definition) is 4. The number of halogens is 1. The molecule has 3 atom stereocenters. The number of anilines is 1. The van der Waals surface area contributed by atoms with E-state index in [0.29, 0.717) is 0 Å². The first-order valence-corrected chi connectivity index (χ1v) is 7.72. The molecule has 11 nitrogen and oxygen atoms in total. The van der Waals surface area contributed by atoms with Crippen LogP contribution in [-0.2, 0) is 16.1 Å². The molecule has 1 saturated heterocycles. The molecule has 2 aromatic rings. The fraction of sp³-hybridized carbons (Fsp3) is 0.500. The van der Waals surface area contributed by atoms with Gasteiger partial charge in [0.15, 0.2) is 15.9 Å². The maximum absolute atomic E-state index is 12.4. The molecular weight excluding hydrogens is 390 g/mol. The van der Waals surface area contributed by atoms with Gasteiger partial charge in [-0.2, -0.15) is 4.98 Å². The molecule has 12 heteroatoms. The van der Waals surface area contributed by atoms with Crippen LogP contribution in [0.4, 0.5) is 5.95 Å². The van der Waals surface area contributed by atoms with Gasteiger partial charge >= 0.3 is 5.97 Å². The van der Waals surface area contributed by atoms with Crippen LogP contribution < -0.4 is 11.3 Å². The van der Waals surface area contributed by atoms with Crippen LogP contribution in [-0.4, -0.2) is 59.2 Å². The van der Waals surface area contributed by atoms with Crippen molar-refractivity contribution in [3.05, 3.63) is 15.1 Å². The van der Waals surface area contributed by atoms with E-state index in [0.717, 1.165) is 4.57 Å². The molecule has 0 saturated carbocycles. The van der Waals surface area contributed by atoms with Crippen molar-refractivity contribution in [3.63, 3.8) is 0 Å². The molecule has 130 valence electrons. The summed E-state index contributed by atoms with van der Waals surface area (Å²) in [4.78, 5) is 31.4. The van der Waals surface area contributed by atoms with Crippen LogP contribution in [0.1, 0.15) is 12.6 Å². The number of aliphatic hydroxyl groups excluding tert-OH is 2. The summed E-state index contributed by atoms with van der Waals surface area (Å²) in [7, 11) is 0. The minimum atomic E-state index is -1.24. The van der Waals surface area contributed by atoms with Crippen molar-refractivity contribution in [1.82, 2.24) is 19.1 Å². The number of hydrogen-bond acceptors (Lipinski definition) is 8. The smallest absolute Gasteiger partial charge is 0.323 e. The highest BCUT2D eigenvalue weighted by molar-refractivity contribution is 9.10. The van der Waals surface area contributed by atoms with Gasteiger partial charge in [-0.25, -0.2) is 4.98 Å². The Hall–Kier alpha value is -2.02. The number of aliphatic hydroxyl groups is 2. The number of aromatic nitrogens is 4. The summed E-state index contributed by atoms with van der Waals surface area (Å²) in [5, 5.41) is 27.9. The minimum absolute atomic E-state index is 0.0807. The molecule has 24 heavy (non-hydrogen) atoms. The Balaban J connectivity index is 2.13. The number of carboxylic acids is 1. The molecule has 3 heterocycles. The molecule has 5 N–H and O–H groups in total. The third-order valence-electron chi connectivity index (χ3n) is 3.75. The first-order chi connectivity index (χ1) is 11.3. The van der Waals surface area contributed by atoms with Gasteiger partial charge in [0.05, 0.1) is 12.7 Å². The van der Waals surface area contributed by atoms with Crippen LogP contribution in [0.5, 0.6) is 0 Å². The Morgan fingerprint density at radius 3 is 2.75 bits per heavy atom. The van der Waals surface area contributed by atoms with Crippen molar-refractivity contribution in [2.24, 2.45) is 0 Å². The number of fused-ring (bicyclic) bond motifs is 1. The van der Waals surface area contributed by atoms with Crippen LogP contribution in [0.3, 0.4) is 0 Å². The Bertz CT molecular complexity index is 864. The summed E-state index contributed by atoms with van der Waals surface area (Å²) >= 11 is 3.20. The molecule has 1 fully saturated rings. The van der Waals surface area contributed by atoms with E-state index in [1.165, 1.54) is 4.57 Å². The number of nitrogens with zero attached hydrogens (tertiary/aromatic N) is 4. The summed E-state index contributed by atoms with van der Waals surface area (Å²) in [6.07, 6.45) is -2.19. The first-order valence-electron chi connectivity index (χ1n) is 6.93. The molecule has 1 aliphatic heterocycles. The number of nitrogen functional groups attached to an aromatic ring is 1. The van der Waals surface area contributed by atoms with Crippen molar-refractivity contribution < 1.29 is 24.9 Å². The minimum Gasteiger partial charge on any atom is -0.480 e. The van der Waals surface area contributed by atoms with E-state index in [2.05, 4.69) is 25.9 Å². The van der Waals surface area contributed by atoms with Gasteiger partial charge < -0.3 is 25.8 Å². The van der Waals surface area contributed by atoms with E-state index in [9.17, 15) is 19.8 Å². The highest BCUT2D eigenvalue weighted by atomic mass is 79.9. The lowest BCUT2D eigenvalue weighted by Crippen LogP contribution is -2.28. The van der Waals surface area contributed by atoms with Gasteiger partial charge in [-0.3, -0.25) is 18.7 Å². The predicted molar refractivity (Wildman–Crippen MR) is 83.2 cm³/mol. The van der Waals surface area contributed by atoms with Gasteiger partial charge in [0.2, 0.25) is 5.95 Å². The van der Waals surface area contributed by atoms with Crippen LogP contribution in [0.15, 0.2) is 9.53 Å². The lowest BCUT2D eigenvalue weighted by Gasteiger charge is -2.15. The second-order valence-corrected chi connectivity index (χ2v) is 6.00. The van der Waals surface area contributed by atoms with Gasteiger partial charge in [-0.15, -0.1) is 0 Å². The number of carboxylic acid groups (broad SMARTS) is 1. The summed E-state index contributed by atoms with van der Waals surface area (Å²) in [5.41, 5.74) is 5.02. The number of rotatable bonds is 4. The lowest BCUT2D eigenvalue weighted by molar-refractivity contribution is -0.137. The Labute approximate surface area is 142 Å². The Morgan fingerprint density at radius 1 is 1.46 bits per heavy atom. The van der Waals surface area contributed by atoms with E-state index in [-0.39, 0.29) is 34.9 Å². The van der Waals surface area contributed by atoms with Gasteiger partial charge in [0, 0.05) is 6.42 Å². The molecule has 0 radical (unpaired) electrons. The number of carbonyl (C=O) groups is 1. The molecule has 0 aromatic carbocycles. The van der Waals surface area contributed by atoms with Crippen LogP contribution in [0.25, 0.3) is 11.2 Å². The van der Waals surface area contributed by atoms with Crippen LogP contribution in [0.2, 0.25) is 0 Å². The average Bonchev–Trinajstić information content (AvgIpc) is 3.03. The maximum Gasteiger partial charge on any atom is 0.323 e. The monoisotopic (exact) mass is 403 g/mol.